The fourth-order valence-electron chi connectivity index (χ4n) is 2.88. The molecule has 1 atom stereocenters. The highest BCUT2D eigenvalue weighted by Gasteiger charge is 2.27. The summed E-state index contributed by atoms with van der Waals surface area (Å²) in [5, 5.41) is 13.4. The molecule has 4 heteroatoms. The predicted octanol–water partition coefficient (Wildman–Crippen LogP) is 4.05. The number of rotatable bonds is 6. The summed E-state index contributed by atoms with van der Waals surface area (Å²) in [4.78, 5) is 0. The maximum Gasteiger partial charge on any atom is 0.125 e. The molecule has 0 radical (unpaired) electrons. The summed E-state index contributed by atoms with van der Waals surface area (Å²) in [6.45, 7) is 6.17. The average Bonchev–Trinajstić information content (AvgIpc) is 2.71. The molecule has 1 aliphatic heterocycles. The van der Waals surface area contributed by atoms with Gasteiger partial charge in [0.1, 0.15) is 5.75 Å². The first kappa shape index (κ1) is 16.8. The van der Waals surface area contributed by atoms with Crippen LogP contribution in [0.2, 0.25) is 0 Å². The van der Waals surface area contributed by atoms with Crippen molar-refractivity contribution in [1.29, 1.82) is 0 Å². The lowest BCUT2D eigenvalue weighted by Gasteiger charge is -2.32. The molecule has 0 saturated heterocycles. The smallest absolute Gasteiger partial charge is 0.125 e. The van der Waals surface area contributed by atoms with E-state index >= 15 is 0 Å². The lowest BCUT2D eigenvalue weighted by molar-refractivity contribution is 0.109. The monoisotopic (exact) mass is 355 g/mol. The molecule has 0 fully saturated rings. The first-order valence-corrected chi connectivity index (χ1v) is 8.70. The van der Waals surface area contributed by atoms with Crippen LogP contribution in [-0.4, -0.2) is 24.9 Å². The lowest BCUT2D eigenvalue weighted by atomic mass is 9.82. The highest BCUT2D eigenvalue weighted by Crippen LogP contribution is 2.35. The number of halogens is 1. The van der Waals surface area contributed by atoms with Crippen LogP contribution < -0.4 is 10.1 Å². The molecule has 1 aromatic carbocycles. The number of aliphatic hydroxyl groups excluding tert-OH is 1. The third-order valence-electron chi connectivity index (χ3n) is 4.80. The first-order valence-electron chi connectivity index (χ1n) is 7.90. The first-order chi connectivity index (χ1) is 10.1. The van der Waals surface area contributed by atoms with Gasteiger partial charge in [0.15, 0.2) is 0 Å². The van der Waals surface area contributed by atoms with Gasteiger partial charge in [0.05, 0.1) is 6.61 Å². The van der Waals surface area contributed by atoms with Crippen LogP contribution in [-0.2, 0) is 0 Å². The quantitative estimate of drug-likeness (QED) is 0.808. The van der Waals surface area contributed by atoms with E-state index < -0.39 is 0 Å². The highest BCUT2D eigenvalue weighted by molar-refractivity contribution is 9.10. The SMILES string of the molecule is CCC(CC)(CO)CNC1CCCOc2cc(Br)ccc21. The Hall–Kier alpha value is -0.580. The van der Waals surface area contributed by atoms with Gasteiger partial charge in [0.2, 0.25) is 0 Å². The second-order valence-electron chi connectivity index (χ2n) is 5.97. The van der Waals surface area contributed by atoms with Gasteiger partial charge in [0, 0.05) is 34.6 Å². The van der Waals surface area contributed by atoms with Gasteiger partial charge in [0.25, 0.3) is 0 Å². The zero-order valence-corrected chi connectivity index (χ0v) is 14.6. The van der Waals surface area contributed by atoms with Gasteiger partial charge in [-0.3, -0.25) is 0 Å². The summed E-state index contributed by atoms with van der Waals surface area (Å²) >= 11 is 3.51. The van der Waals surface area contributed by atoms with Gasteiger partial charge in [-0.15, -0.1) is 0 Å². The minimum atomic E-state index is -0.0112. The third-order valence-corrected chi connectivity index (χ3v) is 5.30. The summed E-state index contributed by atoms with van der Waals surface area (Å²) < 4.78 is 6.90. The molecular weight excluding hydrogens is 330 g/mol. The van der Waals surface area contributed by atoms with Crippen molar-refractivity contribution < 1.29 is 9.84 Å². The standard InChI is InChI=1S/C17H26BrNO2/c1-3-17(4-2,12-20)11-19-15-6-5-9-21-16-10-13(18)7-8-14(15)16/h7-8,10,15,19-20H,3-6,9,11-12H2,1-2H3. The van der Waals surface area contributed by atoms with Crippen LogP contribution in [0.25, 0.3) is 0 Å². The number of nitrogens with one attached hydrogen (secondary N) is 1. The summed E-state index contributed by atoms with van der Waals surface area (Å²) in [5.74, 6) is 0.974. The maximum atomic E-state index is 9.72. The van der Waals surface area contributed by atoms with Gasteiger partial charge < -0.3 is 15.2 Å². The van der Waals surface area contributed by atoms with Crippen LogP contribution in [0.4, 0.5) is 0 Å². The number of ether oxygens (including phenoxy) is 1. The van der Waals surface area contributed by atoms with Crippen LogP contribution in [0.3, 0.4) is 0 Å². The van der Waals surface area contributed by atoms with E-state index in [9.17, 15) is 5.11 Å². The minimum absolute atomic E-state index is 0.0112. The van der Waals surface area contributed by atoms with Gasteiger partial charge in [-0.25, -0.2) is 0 Å². The van der Waals surface area contributed by atoms with Crippen molar-refractivity contribution in [3.05, 3.63) is 28.2 Å². The van der Waals surface area contributed by atoms with Crippen LogP contribution in [0.1, 0.15) is 51.1 Å². The molecule has 1 heterocycles. The molecular formula is C17H26BrNO2. The van der Waals surface area contributed by atoms with E-state index in [4.69, 9.17) is 4.74 Å². The zero-order chi connectivity index (χ0) is 15.3. The van der Waals surface area contributed by atoms with Crippen molar-refractivity contribution in [2.45, 2.75) is 45.6 Å². The molecule has 3 nitrogen and oxygen atoms in total. The number of benzene rings is 1. The molecule has 21 heavy (non-hydrogen) atoms. The van der Waals surface area contributed by atoms with Crippen molar-refractivity contribution in [3.63, 3.8) is 0 Å². The van der Waals surface area contributed by atoms with Crippen LogP contribution in [0.15, 0.2) is 22.7 Å². The zero-order valence-electron chi connectivity index (χ0n) is 13.0. The van der Waals surface area contributed by atoms with Crippen LogP contribution >= 0.6 is 15.9 Å². The van der Waals surface area contributed by atoms with E-state index in [0.717, 1.165) is 49.1 Å². The van der Waals surface area contributed by atoms with Crippen molar-refractivity contribution in [2.75, 3.05) is 19.8 Å². The van der Waals surface area contributed by atoms with Gasteiger partial charge in [-0.05, 0) is 37.8 Å². The summed E-state index contributed by atoms with van der Waals surface area (Å²) in [6, 6.07) is 6.57. The van der Waals surface area contributed by atoms with Crippen molar-refractivity contribution in [3.8, 4) is 5.75 Å². The highest BCUT2D eigenvalue weighted by atomic mass is 79.9. The third kappa shape index (κ3) is 3.99. The Morgan fingerprint density at radius 1 is 1.38 bits per heavy atom. The van der Waals surface area contributed by atoms with E-state index in [1.165, 1.54) is 5.56 Å². The second-order valence-corrected chi connectivity index (χ2v) is 6.89. The largest absolute Gasteiger partial charge is 0.493 e. The van der Waals surface area contributed by atoms with Crippen molar-refractivity contribution in [1.82, 2.24) is 5.32 Å². The molecule has 118 valence electrons. The summed E-state index contributed by atoms with van der Waals surface area (Å²) in [6.07, 6.45) is 4.10. The number of hydrogen-bond acceptors (Lipinski definition) is 3. The van der Waals surface area contributed by atoms with Gasteiger partial charge in [-0.1, -0.05) is 35.8 Å². The van der Waals surface area contributed by atoms with Crippen LogP contribution in [0.5, 0.6) is 5.75 Å². The van der Waals surface area contributed by atoms with E-state index in [2.05, 4.69) is 47.2 Å². The second kappa shape index (κ2) is 7.61. The predicted molar refractivity (Wildman–Crippen MR) is 89.7 cm³/mol. The maximum absolute atomic E-state index is 9.72. The molecule has 1 aromatic rings. The summed E-state index contributed by atoms with van der Waals surface area (Å²) in [7, 11) is 0. The Morgan fingerprint density at radius 2 is 2.14 bits per heavy atom. The Labute approximate surface area is 136 Å². The van der Waals surface area contributed by atoms with Crippen LogP contribution in [0, 0.1) is 5.41 Å². The Balaban J connectivity index is 2.13. The summed E-state index contributed by atoms with van der Waals surface area (Å²) in [5.41, 5.74) is 1.22. The van der Waals surface area contributed by atoms with E-state index in [-0.39, 0.29) is 12.0 Å². The molecule has 2 rings (SSSR count). The number of fused-ring (bicyclic) bond motifs is 1. The molecule has 1 unspecified atom stereocenters. The van der Waals surface area contributed by atoms with Crippen molar-refractivity contribution >= 4 is 15.9 Å². The average molecular weight is 356 g/mol. The molecule has 0 bridgehead atoms. The molecule has 2 N–H and O–H groups in total. The van der Waals surface area contributed by atoms with E-state index in [1.54, 1.807) is 0 Å². The Bertz CT molecular complexity index is 452. The van der Waals surface area contributed by atoms with Gasteiger partial charge in [-0.2, -0.15) is 0 Å². The molecule has 0 spiro atoms. The van der Waals surface area contributed by atoms with Gasteiger partial charge >= 0.3 is 0 Å². The van der Waals surface area contributed by atoms with E-state index in [1.807, 2.05) is 6.07 Å². The molecule has 0 saturated carbocycles. The Kier molecular flexibility index (Phi) is 6.08. The van der Waals surface area contributed by atoms with Crippen molar-refractivity contribution in [2.24, 2.45) is 5.41 Å². The fourth-order valence-corrected chi connectivity index (χ4v) is 3.22. The normalized spacial score (nSPS) is 18.8. The molecule has 1 aliphatic rings. The molecule has 0 aliphatic carbocycles. The topological polar surface area (TPSA) is 41.5 Å². The number of aliphatic hydroxyl groups is 1. The molecule has 0 amide bonds. The minimum Gasteiger partial charge on any atom is -0.493 e. The number of hydrogen-bond donors (Lipinski definition) is 2. The fraction of sp³-hybridized carbons (Fsp3) is 0.647. The lowest BCUT2D eigenvalue weighted by Crippen LogP contribution is -2.38. The Morgan fingerprint density at radius 3 is 2.81 bits per heavy atom. The van der Waals surface area contributed by atoms with E-state index in [0.29, 0.717) is 6.04 Å². The molecule has 0 aromatic heterocycles.